The highest BCUT2D eigenvalue weighted by molar-refractivity contribution is 5.32. The zero-order chi connectivity index (χ0) is 20.1. The normalized spacial score (nSPS) is 19.2. The van der Waals surface area contributed by atoms with Crippen LogP contribution in [0.25, 0.3) is 0 Å². The fourth-order valence-corrected chi connectivity index (χ4v) is 4.37. The maximum atomic E-state index is 10.9. The number of aliphatic hydroxyl groups is 1. The number of benzene rings is 3. The minimum atomic E-state index is -0.558. The fourth-order valence-electron chi connectivity index (χ4n) is 4.37. The lowest BCUT2D eigenvalue weighted by atomic mass is 9.91. The van der Waals surface area contributed by atoms with Crippen molar-refractivity contribution in [2.24, 2.45) is 5.73 Å². The average Bonchev–Trinajstić information content (AvgIpc) is 2.94. The Morgan fingerprint density at radius 3 is 2.21 bits per heavy atom. The summed E-state index contributed by atoms with van der Waals surface area (Å²) >= 11 is 0. The number of nitrogens with zero attached hydrogens (tertiary/aromatic N) is 1. The zero-order valence-corrected chi connectivity index (χ0v) is 16.8. The Labute approximate surface area is 173 Å². The summed E-state index contributed by atoms with van der Waals surface area (Å²) in [5.41, 5.74) is 11.7. The molecule has 0 spiro atoms. The molecular weight excluding hydrogens is 356 g/mol. The van der Waals surface area contributed by atoms with Gasteiger partial charge in [-0.2, -0.15) is 0 Å². The van der Waals surface area contributed by atoms with Crippen LogP contribution >= 0.6 is 0 Å². The zero-order valence-electron chi connectivity index (χ0n) is 16.8. The Balaban J connectivity index is 1.49. The van der Waals surface area contributed by atoms with Gasteiger partial charge in [0.2, 0.25) is 0 Å². The van der Waals surface area contributed by atoms with E-state index in [1.54, 1.807) is 0 Å². The number of rotatable bonds is 6. The van der Waals surface area contributed by atoms with Crippen LogP contribution in [0.3, 0.4) is 0 Å². The second-order valence-corrected chi connectivity index (χ2v) is 8.20. The highest BCUT2D eigenvalue weighted by Crippen LogP contribution is 2.28. The number of hydrogen-bond acceptors (Lipinski definition) is 3. The van der Waals surface area contributed by atoms with E-state index >= 15 is 0 Å². The van der Waals surface area contributed by atoms with Crippen molar-refractivity contribution in [2.75, 3.05) is 13.1 Å². The Kier molecular flexibility index (Phi) is 6.40. The summed E-state index contributed by atoms with van der Waals surface area (Å²) < 4.78 is 0. The topological polar surface area (TPSA) is 49.5 Å². The summed E-state index contributed by atoms with van der Waals surface area (Å²) in [6, 6.07) is 29.3. The predicted molar refractivity (Wildman–Crippen MR) is 119 cm³/mol. The molecule has 1 heterocycles. The van der Waals surface area contributed by atoms with Crippen LogP contribution in [0.15, 0.2) is 84.9 Å². The summed E-state index contributed by atoms with van der Waals surface area (Å²) in [6.45, 7) is 2.37. The van der Waals surface area contributed by atoms with Gasteiger partial charge < -0.3 is 10.8 Å². The first kappa shape index (κ1) is 19.8. The van der Waals surface area contributed by atoms with E-state index in [1.807, 2.05) is 18.2 Å². The second kappa shape index (κ2) is 9.36. The lowest BCUT2D eigenvalue weighted by Crippen LogP contribution is -2.45. The van der Waals surface area contributed by atoms with E-state index in [1.165, 1.54) is 22.3 Å². The molecular formula is C26H30N2O. The van der Waals surface area contributed by atoms with E-state index in [2.05, 4.69) is 71.6 Å². The first-order valence-electron chi connectivity index (χ1n) is 10.5. The third-order valence-electron chi connectivity index (χ3n) is 5.98. The molecule has 0 aliphatic carbocycles. The van der Waals surface area contributed by atoms with Gasteiger partial charge in [0.1, 0.15) is 0 Å². The molecule has 4 rings (SSSR count). The number of hydrogen-bond donors (Lipinski definition) is 2. The van der Waals surface area contributed by atoms with Gasteiger partial charge in [0.15, 0.2) is 0 Å². The Morgan fingerprint density at radius 1 is 0.862 bits per heavy atom. The molecule has 0 amide bonds. The molecule has 0 fully saturated rings. The Bertz CT molecular complexity index is 897. The third-order valence-corrected chi connectivity index (χ3v) is 5.98. The molecule has 0 saturated heterocycles. The van der Waals surface area contributed by atoms with Crippen LogP contribution < -0.4 is 5.73 Å². The molecule has 3 aromatic rings. The summed E-state index contributed by atoms with van der Waals surface area (Å²) in [7, 11) is 0. The maximum Gasteiger partial charge on any atom is 0.0821 e. The predicted octanol–water partition coefficient (Wildman–Crippen LogP) is 3.76. The van der Waals surface area contributed by atoms with E-state index in [-0.39, 0.29) is 6.04 Å². The van der Waals surface area contributed by atoms with Crippen molar-refractivity contribution >= 4 is 0 Å². The van der Waals surface area contributed by atoms with E-state index in [9.17, 15) is 5.11 Å². The van der Waals surface area contributed by atoms with Crippen LogP contribution in [0.1, 0.15) is 28.2 Å². The molecule has 1 unspecified atom stereocenters. The van der Waals surface area contributed by atoms with Crippen molar-refractivity contribution in [2.45, 2.75) is 37.5 Å². The molecule has 150 valence electrons. The van der Waals surface area contributed by atoms with Gasteiger partial charge >= 0.3 is 0 Å². The highest BCUT2D eigenvalue weighted by atomic mass is 16.3. The third kappa shape index (κ3) is 5.13. The molecule has 1 aliphatic heterocycles. The molecule has 3 heteroatoms. The van der Waals surface area contributed by atoms with Crippen molar-refractivity contribution in [1.82, 2.24) is 4.90 Å². The van der Waals surface area contributed by atoms with Gasteiger partial charge in [-0.15, -0.1) is 0 Å². The number of aliphatic hydroxyl groups excluding tert-OH is 1. The monoisotopic (exact) mass is 386 g/mol. The van der Waals surface area contributed by atoms with Crippen LogP contribution in [-0.2, 0) is 19.4 Å². The van der Waals surface area contributed by atoms with Gasteiger partial charge in [0, 0.05) is 31.6 Å². The van der Waals surface area contributed by atoms with Crippen LogP contribution in [0, 0.1) is 0 Å². The highest BCUT2D eigenvalue weighted by Gasteiger charge is 2.26. The SMILES string of the molecule is N[C@@H](Cc1ccccc1)[C@H](O)CN1Cc2ccccc2CC(c2ccccc2)C1. The standard InChI is InChI=1S/C26H30N2O/c27-25(15-20-9-3-1-4-10-20)26(29)19-28-17-23-14-8-7-13-22(23)16-24(18-28)21-11-5-2-6-12-21/h1-14,24-26,29H,15-19,27H2/t24?,25-,26+/m0/s1. The number of fused-ring (bicyclic) bond motifs is 1. The second-order valence-electron chi connectivity index (χ2n) is 8.20. The van der Waals surface area contributed by atoms with Crippen LogP contribution in [0.4, 0.5) is 0 Å². The van der Waals surface area contributed by atoms with Crippen molar-refractivity contribution in [3.8, 4) is 0 Å². The molecule has 0 radical (unpaired) electrons. The van der Waals surface area contributed by atoms with Crippen LogP contribution in [0.2, 0.25) is 0 Å². The quantitative estimate of drug-likeness (QED) is 0.678. The fraction of sp³-hybridized carbons (Fsp3) is 0.308. The molecule has 0 aromatic heterocycles. The van der Waals surface area contributed by atoms with Gasteiger partial charge in [-0.25, -0.2) is 0 Å². The number of nitrogens with two attached hydrogens (primary N) is 1. The smallest absolute Gasteiger partial charge is 0.0821 e. The lowest BCUT2D eigenvalue weighted by Gasteiger charge is -2.29. The van der Waals surface area contributed by atoms with Crippen molar-refractivity contribution in [1.29, 1.82) is 0 Å². The van der Waals surface area contributed by atoms with Gasteiger partial charge in [0.25, 0.3) is 0 Å². The van der Waals surface area contributed by atoms with Gasteiger partial charge in [-0.1, -0.05) is 84.9 Å². The van der Waals surface area contributed by atoms with Crippen molar-refractivity contribution in [3.63, 3.8) is 0 Å². The average molecular weight is 387 g/mol. The summed E-state index contributed by atoms with van der Waals surface area (Å²) in [5.74, 6) is 0.414. The van der Waals surface area contributed by atoms with Gasteiger partial charge in [-0.3, -0.25) is 4.90 Å². The molecule has 1 aliphatic rings. The van der Waals surface area contributed by atoms with Crippen LogP contribution in [0.5, 0.6) is 0 Å². The minimum absolute atomic E-state index is 0.272. The Morgan fingerprint density at radius 2 is 1.48 bits per heavy atom. The summed E-state index contributed by atoms with van der Waals surface area (Å²) in [5, 5.41) is 10.9. The van der Waals surface area contributed by atoms with Crippen molar-refractivity contribution in [3.05, 3.63) is 107 Å². The van der Waals surface area contributed by atoms with Crippen LogP contribution in [-0.4, -0.2) is 35.2 Å². The molecule has 0 saturated carbocycles. The van der Waals surface area contributed by atoms with Gasteiger partial charge in [0.05, 0.1) is 6.10 Å². The Hall–Kier alpha value is -2.46. The minimum Gasteiger partial charge on any atom is -0.390 e. The molecule has 3 nitrogen and oxygen atoms in total. The largest absolute Gasteiger partial charge is 0.390 e. The first-order valence-corrected chi connectivity index (χ1v) is 10.5. The van der Waals surface area contributed by atoms with E-state index in [0.717, 1.165) is 19.5 Å². The van der Waals surface area contributed by atoms with E-state index in [4.69, 9.17) is 5.73 Å². The molecule has 3 N–H and O–H groups in total. The number of β-amino-alcohol motifs (C(OH)–C–C–N with tert-alkyl or cyclic N) is 1. The molecule has 29 heavy (non-hydrogen) atoms. The van der Waals surface area contributed by atoms with Crippen molar-refractivity contribution < 1.29 is 5.11 Å². The molecule has 3 atom stereocenters. The summed E-state index contributed by atoms with van der Waals surface area (Å²) in [6.07, 6.45) is 1.16. The molecule has 3 aromatic carbocycles. The van der Waals surface area contributed by atoms with E-state index < -0.39 is 6.10 Å². The first-order chi connectivity index (χ1) is 14.2. The molecule has 0 bridgehead atoms. The van der Waals surface area contributed by atoms with E-state index in [0.29, 0.717) is 18.9 Å². The maximum absolute atomic E-state index is 10.9. The summed E-state index contributed by atoms with van der Waals surface area (Å²) in [4.78, 5) is 2.37. The van der Waals surface area contributed by atoms with Gasteiger partial charge in [-0.05, 0) is 35.1 Å². The lowest BCUT2D eigenvalue weighted by molar-refractivity contribution is 0.0857.